The number of piperazine rings is 1. The molecule has 0 radical (unpaired) electrons. The number of nitrogens with two attached hydrogens (primary N) is 1. The van der Waals surface area contributed by atoms with E-state index in [-0.39, 0.29) is 5.91 Å². The molecule has 2 N–H and O–H groups in total. The number of hydrogen-bond donors (Lipinski definition) is 1. The van der Waals surface area contributed by atoms with Crippen LogP contribution in [0.2, 0.25) is 0 Å². The Morgan fingerprint density at radius 3 is 2.50 bits per heavy atom. The second kappa shape index (κ2) is 9.52. The number of ether oxygens (including phenoxy) is 1. The molecule has 152 valence electrons. The Morgan fingerprint density at radius 2 is 1.89 bits per heavy atom. The van der Waals surface area contributed by atoms with Crippen molar-refractivity contribution in [1.82, 2.24) is 9.80 Å². The van der Waals surface area contributed by atoms with Gasteiger partial charge >= 0.3 is 0 Å². The number of carbonyl (C=O) groups excluding carboxylic acids is 1. The van der Waals surface area contributed by atoms with Crippen molar-refractivity contribution in [2.75, 3.05) is 33.3 Å². The summed E-state index contributed by atoms with van der Waals surface area (Å²) in [6.45, 7) is 9.37. The maximum atomic E-state index is 13.1. The Bertz CT molecular complexity index is 744. The predicted molar refractivity (Wildman–Crippen MR) is 117 cm³/mol. The summed E-state index contributed by atoms with van der Waals surface area (Å²) in [6, 6.07) is 8.41. The number of hydrogen-bond acceptors (Lipinski definition) is 5. The Hall–Kier alpha value is -1.92. The van der Waals surface area contributed by atoms with E-state index in [2.05, 4.69) is 11.5 Å². The molecule has 3 rings (SSSR count). The molecule has 1 heterocycles. The number of rotatable bonds is 6. The first-order valence-corrected chi connectivity index (χ1v) is 10.8. The number of carbonyl (C=O) groups is 1. The summed E-state index contributed by atoms with van der Waals surface area (Å²) in [5.41, 5.74) is 7.56. The van der Waals surface area contributed by atoms with Gasteiger partial charge in [-0.25, -0.2) is 0 Å². The number of amides is 1. The number of thioether (sulfide) groups is 1. The van der Waals surface area contributed by atoms with Crippen LogP contribution in [0.5, 0.6) is 5.75 Å². The van der Waals surface area contributed by atoms with Crippen molar-refractivity contribution in [3.8, 4) is 5.75 Å². The lowest BCUT2D eigenvalue weighted by molar-refractivity contribution is -0.128. The predicted octanol–water partition coefficient (Wildman–Crippen LogP) is 3.68. The molecule has 1 aromatic carbocycles. The molecule has 2 fully saturated rings. The topological polar surface area (TPSA) is 58.8 Å². The van der Waals surface area contributed by atoms with Crippen molar-refractivity contribution >= 4 is 22.6 Å². The lowest BCUT2D eigenvalue weighted by atomic mass is 10.2. The van der Waals surface area contributed by atoms with E-state index in [1.807, 2.05) is 29.2 Å². The molecule has 5 nitrogen and oxygen atoms in total. The lowest BCUT2D eigenvalue weighted by Gasteiger charge is -2.38. The summed E-state index contributed by atoms with van der Waals surface area (Å²) >= 11 is 1.35. The van der Waals surface area contributed by atoms with Crippen LogP contribution < -0.4 is 10.5 Å². The van der Waals surface area contributed by atoms with E-state index in [0.717, 1.165) is 42.4 Å². The van der Waals surface area contributed by atoms with Gasteiger partial charge in [0.05, 0.1) is 12.0 Å². The largest absolute Gasteiger partial charge is 0.497 e. The first-order valence-electron chi connectivity index (χ1n) is 10.0. The number of nitrogens with zero attached hydrogens (tertiary/aromatic N) is 2. The smallest absolute Gasteiger partial charge is 0.262 e. The molecule has 0 aromatic heterocycles. The van der Waals surface area contributed by atoms with Gasteiger partial charge in [0, 0.05) is 42.8 Å². The standard InChI is InChI=1S/C22H31N3O2S/c1-16(23)21(28-17(2)18-7-6-10-20(15-18)27-3)22(26)25-13-11-24(12-14-25)19-8-4-5-9-19/h6-7,10,15,19H,2,4-5,8-9,11-14,23H2,1,3H3/b21-16-. The van der Waals surface area contributed by atoms with Crippen molar-refractivity contribution in [1.29, 1.82) is 0 Å². The van der Waals surface area contributed by atoms with E-state index in [4.69, 9.17) is 10.5 Å². The van der Waals surface area contributed by atoms with E-state index in [0.29, 0.717) is 16.6 Å². The highest BCUT2D eigenvalue weighted by Crippen LogP contribution is 2.35. The molecule has 0 bridgehead atoms. The molecule has 1 aromatic rings. The van der Waals surface area contributed by atoms with Crippen LogP contribution in [-0.2, 0) is 4.79 Å². The Morgan fingerprint density at radius 1 is 1.21 bits per heavy atom. The highest BCUT2D eigenvalue weighted by atomic mass is 32.2. The molecule has 1 aliphatic carbocycles. The van der Waals surface area contributed by atoms with E-state index >= 15 is 0 Å². The molecule has 6 heteroatoms. The molecule has 2 aliphatic rings. The third kappa shape index (κ3) is 4.92. The first kappa shape index (κ1) is 20.8. The third-order valence-electron chi connectivity index (χ3n) is 5.61. The molecule has 1 saturated heterocycles. The molecular formula is C22H31N3O2S. The fourth-order valence-corrected chi connectivity index (χ4v) is 4.84. The fourth-order valence-electron chi connectivity index (χ4n) is 3.97. The molecule has 1 amide bonds. The SMILES string of the molecule is C=C(S/C(C(=O)N1CCN(C2CCCC2)CC1)=C(/C)N)c1cccc(OC)c1. The normalized spacial score (nSPS) is 19.4. The molecular weight excluding hydrogens is 370 g/mol. The zero-order valence-electron chi connectivity index (χ0n) is 16.9. The Labute approximate surface area is 172 Å². The van der Waals surface area contributed by atoms with Gasteiger partial charge in [0.15, 0.2) is 0 Å². The number of methoxy groups -OCH3 is 1. The third-order valence-corrected chi connectivity index (χ3v) is 6.79. The second-order valence-electron chi connectivity index (χ2n) is 7.54. The van der Waals surface area contributed by atoms with E-state index < -0.39 is 0 Å². The molecule has 1 saturated carbocycles. The van der Waals surface area contributed by atoms with Gasteiger partial charge in [-0.1, -0.05) is 43.3 Å². The van der Waals surface area contributed by atoms with Crippen molar-refractivity contribution in [3.05, 3.63) is 47.0 Å². The van der Waals surface area contributed by atoms with Gasteiger partial charge in [-0.2, -0.15) is 0 Å². The molecule has 1 aliphatic heterocycles. The molecule has 0 unspecified atom stereocenters. The van der Waals surface area contributed by atoms with Crippen LogP contribution in [0.15, 0.2) is 41.4 Å². The highest BCUT2D eigenvalue weighted by molar-refractivity contribution is 8.12. The highest BCUT2D eigenvalue weighted by Gasteiger charge is 2.29. The molecule has 28 heavy (non-hydrogen) atoms. The monoisotopic (exact) mass is 401 g/mol. The Kier molecular flexibility index (Phi) is 7.08. The molecule has 0 atom stereocenters. The minimum absolute atomic E-state index is 0.0140. The summed E-state index contributed by atoms with van der Waals surface area (Å²) in [6.07, 6.45) is 5.28. The average Bonchev–Trinajstić information content (AvgIpc) is 3.26. The van der Waals surface area contributed by atoms with E-state index in [1.165, 1.54) is 37.4 Å². The van der Waals surface area contributed by atoms with Crippen LogP contribution in [0.3, 0.4) is 0 Å². The zero-order chi connectivity index (χ0) is 20.1. The molecule has 0 spiro atoms. The lowest BCUT2D eigenvalue weighted by Crippen LogP contribution is -2.51. The van der Waals surface area contributed by atoms with Gasteiger partial charge in [-0.05, 0) is 37.5 Å². The van der Waals surface area contributed by atoms with E-state index in [9.17, 15) is 4.79 Å². The van der Waals surface area contributed by atoms with Crippen molar-refractivity contribution in [2.45, 2.75) is 38.6 Å². The minimum Gasteiger partial charge on any atom is -0.497 e. The summed E-state index contributed by atoms with van der Waals surface area (Å²) in [4.78, 5) is 19.0. The van der Waals surface area contributed by atoms with Gasteiger partial charge in [-0.3, -0.25) is 9.69 Å². The minimum atomic E-state index is 0.0140. The fraction of sp³-hybridized carbons (Fsp3) is 0.500. The second-order valence-corrected chi connectivity index (χ2v) is 8.64. The van der Waals surface area contributed by atoms with Crippen molar-refractivity contribution in [3.63, 3.8) is 0 Å². The quantitative estimate of drug-likeness (QED) is 0.737. The van der Waals surface area contributed by atoms with Gasteiger partial charge in [-0.15, -0.1) is 0 Å². The first-order chi connectivity index (χ1) is 13.5. The van der Waals surface area contributed by atoms with Crippen LogP contribution in [-0.4, -0.2) is 55.0 Å². The van der Waals surface area contributed by atoms with Gasteiger partial charge in [0.25, 0.3) is 5.91 Å². The summed E-state index contributed by atoms with van der Waals surface area (Å²) in [7, 11) is 1.64. The van der Waals surface area contributed by atoms with Crippen molar-refractivity contribution in [2.24, 2.45) is 5.73 Å². The van der Waals surface area contributed by atoms with Crippen LogP contribution in [0.1, 0.15) is 38.2 Å². The zero-order valence-corrected chi connectivity index (χ0v) is 17.8. The van der Waals surface area contributed by atoms with Gasteiger partial charge < -0.3 is 15.4 Å². The van der Waals surface area contributed by atoms with Crippen LogP contribution >= 0.6 is 11.8 Å². The van der Waals surface area contributed by atoms with E-state index in [1.54, 1.807) is 14.0 Å². The van der Waals surface area contributed by atoms with Crippen LogP contribution in [0.25, 0.3) is 4.91 Å². The maximum absolute atomic E-state index is 13.1. The average molecular weight is 402 g/mol. The van der Waals surface area contributed by atoms with Gasteiger partial charge in [0.1, 0.15) is 5.75 Å². The Balaban J connectivity index is 1.63. The number of benzene rings is 1. The van der Waals surface area contributed by atoms with Crippen LogP contribution in [0.4, 0.5) is 0 Å². The van der Waals surface area contributed by atoms with Crippen molar-refractivity contribution < 1.29 is 9.53 Å². The number of allylic oxidation sites excluding steroid dienone is 1. The summed E-state index contributed by atoms with van der Waals surface area (Å²) in [5, 5.41) is 0. The van der Waals surface area contributed by atoms with Crippen LogP contribution in [0, 0.1) is 0 Å². The van der Waals surface area contributed by atoms with Gasteiger partial charge in [0.2, 0.25) is 0 Å². The summed E-state index contributed by atoms with van der Waals surface area (Å²) in [5.74, 6) is 0.781. The maximum Gasteiger partial charge on any atom is 0.262 e. The summed E-state index contributed by atoms with van der Waals surface area (Å²) < 4.78 is 5.29.